The van der Waals surface area contributed by atoms with Gasteiger partial charge in [-0.05, 0) is 19.8 Å². The van der Waals surface area contributed by atoms with Crippen LogP contribution >= 0.6 is 0 Å². The molecule has 1 aromatic rings. The van der Waals surface area contributed by atoms with E-state index in [1.807, 2.05) is 17.8 Å². The van der Waals surface area contributed by atoms with Gasteiger partial charge in [-0.2, -0.15) is 0 Å². The zero-order valence-corrected chi connectivity index (χ0v) is 13.1. The first-order chi connectivity index (χ1) is 9.44. The number of methoxy groups -OCH3 is 1. The highest BCUT2D eigenvalue weighted by Gasteiger charge is 2.32. The van der Waals surface area contributed by atoms with E-state index in [1.54, 1.807) is 17.4 Å². The van der Waals surface area contributed by atoms with Crippen LogP contribution in [0.15, 0.2) is 12.4 Å². The summed E-state index contributed by atoms with van der Waals surface area (Å²) in [5.41, 5.74) is 0. The molecule has 0 bridgehead atoms. The van der Waals surface area contributed by atoms with Crippen molar-refractivity contribution in [3.05, 3.63) is 18.2 Å². The molecule has 6 nitrogen and oxygen atoms in total. The molecule has 7 heteroatoms. The summed E-state index contributed by atoms with van der Waals surface area (Å²) in [5.74, 6) is 1.18. The van der Waals surface area contributed by atoms with Crippen molar-refractivity contribution >= 4 is 10.0 Å². The summed E-state index contributed by atoms with van der Waals surface area (Å²) >= 11 is 0. The normalized spacial score (nSPS) is 22.9. The summed E-state index contributed by atoms with van der Waals surface area (Å²) in [5, 5.41) is 0. The smallest absolute Gasteiger partial charge is 0.216 e. The van der Waals surface area contributed by atoms with Gasteiger partial charge in [-0.15, -0.1) is 0 Å². The minimum absolute atomic E-state index is 0.0385. The highest BCUT2D eigenvalue weighted by atomic mass is 32.2. The quantitative estimate of drug-likeness (QED) is 0.813. The Kier molecular flexibility index (Phi) is 4.82. The Bertz CT molecular complexity index is 541. The lowest BCUT2D eigenvalue weighted by molar-refractivity contribution is 0.134. The van der Waals surface area contributed by atoms with Gasteiger partial charge in [-0.25, -0.2) is 17.7 Å². The summed E-state index contributed by atoms with van der Waals surface area (Å²) in [6, 6.07) is 0. The van der Waals surface area contributed by atoms with E-state index in [-0.39, 0.29) is 17.8 Å². The Morgan fingerprint density at radius 1 is 1.55 bits per heavy atom. The van der Waals surface area contributed by atoms with Gasteiger partial charge in [0.25, 0.3) is 0 Å². The van der Waals surface area contributed by atoms with E-state index < -0.39 is 10.0 Å². The molecular weight excluding hydrogens is 278 g/mol. The maximum absolute atomic E-state index is 12.4. The highest BCUT2D eigenvalue weighted by molar-refractivity contribution is 7.89. The lowest BCUT2D eigenvalue weighted by Gasteiger charge is -2.32. The second-order valence-electron chi connectivity index (χ2n) is 5.42. The molecule has 2 atom stereocenters. The van der Waals surface area contributed by atoms with E-state index in [4.69, 9.17) is 4.74 Å². The molecule has 2 unspecified atom stereocenters. The largest absolute Gasteiger partial charge is 0.381 e. The molecule has 1 fully saturated rings. The van der Waals surface area contributed by atoms with E-state index in [2.05, 4.69) is 4.98 Å². The van der Waals surface area contributed by atoms with Crippen molar-refractivity contribution in [2.24, 2.45) is 7.05 Å². The van der Waals surface area contributed by atoms with E-state index in [9.17, 15) is 8.42 Å². The van der Waals surface area contributed by atoms with Gasteiger partial charge in [0.05, 0.1) is 11.9 Å². The van der Waals surface area contributed by atoms with Gasteiger partial charge in [-0.1, -0.05) is 0 Å². The molecule has 1 aliphatic heterocycles. The topological polar surface area (TPSA) is 64.4 Å². The van der Waals surface area contributed by atoms with Crippen molar-refractivity contribution < 1.29 is 13.2 Å². The van der Waals surface area contributed by atoms with Crippen LogP contribution < -0.4 is 0 Å². The average molecular weight is 301 g/mol. The summed E-state index contributed by atoms with van der Waals surface area (Å²) in [7, 11) is 0.222. The summed E-state index contributed by atoms with van der Waals surface area (Å²) in [4.78, 5) is 4.35. The highest BCUT2D eigenvalue weighted by Crippen LogP contribution is 2.27. The molecule has 0 amide bonds. The lowest BCUT2D eigenvalue weighted by atomic mass is 9.99. The van der Waals surface area contributed by atoms with Crippen LogP contribution in [0.4, 0.5) is 0 Å². The molecular formula is C13H23N3O3S. The maximum Gasteiger partial charge on any atom is 0.216 e. The van der Waals surface area contributed by atoms with E-state index in [0.29, 0.717) is 13.1 Å². The van der Waals surface area contributed by atoms with E-state index in [1.165, 1.54) is 7.11 Å². The Morgan fingerprint density at radius 3 is 2.90 bits per heavy atom. The first-order valence-corrected chi connectivity index (χ1v) is 8.53. The van der Waals surface area contributed by atoms with Crippen LogP contribution in [-0.2, 0) is 21.8 Å². The second-order valence-corrected chi connectivity index (χ2v) is 7.43. The van der Waals surface area contributed by atoms with Crippen LogP contribution in [0, 0.1) is 0 Å². The Morgan fingerprint density at radius 2 is 2.30 bits per heavy atom. The minimum Gasteiger partial charge on any atom is -0.381 e. The van der Waals surface area contributed by atoms with E-state index >= 15 is 0 Å². The zero-order valence-electron chi connectivity index (χ0n) is 12.3. The summed E-state index contributed by atoms with van der Waals surface area (Å²) < 4.78 is 33.4. The Balaban J connectivity index is 2.09. The molecule has 20 heavy (non-hydrogen) atoms. The molecule has 0 aliphatic carbocycles. The zero-order chi connectivity index (χ0) is 14.8. The van der Waals surface area contributed by atoms with Gasteiger partial charge in [0.2, 0.25) is 10.0 Å². The number of sulfonamides is 1. The molecule has 0 aromatic carbocycles. The van der Waals surface area contributed by atoms with Gasteiger partial charge in [0, 0.05) is 45.6 Å². The second kappa shape index (κ2) is 6.24. The van der Waals surface area contributed by atoms with Crippen LogP contribution in [0.25, 0.3) is 0 Å². The molecule has 2 heterocycles. The average Bonchev–Trinajstić information content (AvgIpc) is 2.84. The molecule has 0 spiro atoms. The van der Waals surface area contributed by atoms with Crippen LogP contribution in [0.1, 0.15) is 31.5 Å². The molecule has 0 radical (unpaired) electrons. The van der Waals surface area contributed by atoms with Crippen molar-refractivity contribution in [3.63, 3.8) is 0 Å². The van der Waals surface area contributed by atoms with Crippen molar-refractivity contribution in [1.29, 1.82) is 0 Å². The first-order valence-electron chi connectivity index (χ1n) is 6.92. The number of aryl methyl sites for hydroxylation is 1. The van der Waals surface area contributed by atoms with Crippen LogP contribution in [0.2, 0.25) is 0 Å². The van der Waals surface area contributed by atoms with Gasteiger partial charge in [-0.3, -0.25) is 0 Å². The fourth-order valence-corrected chi connectivity index (χ4v) is 4.40. The predicted molar refractivity (Wildman–Crippen MR) is 77.0 cm³/mol. The molecule has 1 aromatic heterocycles. The number of rotatable bonds is 5. The first kappa shape index (κ1) is 15.5. The Labute approximate surface area is 120 Å². The fraction of sp³-hybridized carbons (Fsp3) is 0.769. The molecule has 1 saturated heterocycles. The van der Waals surface area contributed by atoms with Crippen LogP contribution in [0.5, 0.6) is 0 Å². The number of aromatic nitrogens is 2. The van der Waals surface area contributed by atoms with E-state index in [0.717, 1.165) is 18.7 Å². The molecule has 1 aliphatic rings. The SMILES string of the molecule is COC(C)CS(=O)(=O)N1CCCC(c2nccn2C)C1. The van der Waals surface area contributed by atoms with Gasteiger partial charge < -0.3 is 9.30 Å². The van der Waals surface area contributed by atoms with Crippen LogP contribution in [0.3, 0.4) is 0 Å². The summed E-state index contributed by atoms with van der Waals surface area (Å²) in [6.45, 7) is 2.89. The third kappa shape index (κ3) is 3.39. The number of nitrogens with zero attached hydrogens (tertiary/aromatic N) is 3. The van der Waals surface area contributed by atoms with Crippen molar-refractivity contribution in [1.82, 2.24) is 13.9 Å². The third-order valence-corrected chi connectivity index (χ3v) is 5.86. The minimum atomic E-state index is -3.26. The number of imidazole rings is 1. The van der Waals surface area contributed by atoms with Crippen LogP contribution in [-0.4, -0.2) is 54.3 Å². The third-order valence-electron chi connectivity index (χ3n) is 3.85. The molecule has 2 rings (SSSR count). The standard InChI is InChI=1S/C13H23N3O3S/c1-11(19-3)10-20(17,18)16-7-4-5-12(9-16)13-14-6-8-15(13)2/h6,8,11-12H,4-5,7,9-10H2,1-3H3. The van der Waals surface area contributed by atoms with Gasteiger partial charge >= 0.3 is 0 Å². The van der Waals surface area contributed by atoms with Crippen molar-refractivity contribution in [2.45, 2.75) is 31.8 Å². The van der Waals surface area contributed by atoms with Gasteiger partial charge in [0.1, 0.15) is 5.82 Å². The van der Waals surface area contributed by atoms with Gasteiger partial charge in [0.15, 0.2) is 0 Å². The van der Waals surface area contributed by atoms with Crippen molar-refractivity contribution in [3.8, 4) is 0 Å². The monoisotopic (exact) mass is 301 g/mol. The number of piperidine rings is 1. The number of hydrogen-bond donors (Lipinski definition) is 0. The van der Waals surface area contributed by atoms with Crippen molar-refractivity contribution in [2.75, 3.05) is 26.0 Å². The lowest BCUT2D eigenvalue weighted by Crippen LogP contribution is -2.42. The number of ether oxygens (including phenoxy) is 1. The molecule has 114 valence electrons. The Hall–Kier alpha value is -0.920. The predicted octanol–water partition coefficient (Wildman–Crippen LogP) is 0.964. The molecule has 0 N–H and O–H groups in total. The fourth-order valence-electron chi connectivity index (χ4n) is 2.65. The number of hydrogen-bond acceptors (Lipinski definition) is 4. The summed E-state index contributed by atoms with van der Waals surface area (Å²) in [6.07, 6.45) is 5.23. The maximum atomic E-state index is 12.4. The molecule has 0 saturated carbocycles.